The molecular formula is C9H14N4OS. The first kappa shape index (κ1) is 11.8. The quantitative estimate of drug-likeness (QED) is 0.266. The molecule has 0 amide bonds. The van der Waals surface area contributed by atoms with Crippen molar-refractivity contribution in [1.82, 2.24) is 10.2 Å². The van der Waals surface area contributed by atoms with E-state index in [1.165, 1.54) is 6.20 Å². The summed E-state index contributed by atoms with van der Waals surface area (Å²) in [5, 5.41) is 20.0. The minimum atomic E-state index is 0.0659. The highest BCUT2D eigenvalue weighted by molar-refractivity contribution is 7.99. The molecule has 6 heteroatoms. The predicted octanol–water partition coefficient (Wildman–Crippen LogP) is 1.32. The Labute approximate surface area is 92.8 Å². The zero-order valence-corrected chi connectivity index (χ0v) is 9.53. The smallest absolute Gasteiger partial charge is 0.172 e. The van der Waals surface area contributed by atoms with Gasteiger partial charge in [-0.1, -0.05) is 19.0 Å². The molecule has 0 aliphatic rings. The number of nitrogens with two attached hydrogens (primary N) is 1. The third-order valence-corrected chi connectivity index (χ3v) is 3.03. The van der Waals surface area contributed by atoms with Gasteiger partial charge in [-0.25, -0.2) is 0 Å². The van der Waals surface area contributed by atoms with Crippen LogP contribution < -0.4 is 5.73 Å². The molecule has 82 valence electrons. The average molecular weight is 226 g/mol. The van der Waals surface area contributed by atoms with Crippen molar-refractivity contribution >= 4 is 17.6 Å². The van der Waals surface area contributed by atoms with Gasteiger partial charge in [0.05, 0.1) is 11.8 Å². The maximum Gasteiger partial charge on any atom is 0.172 e. The average Bonchev–Trinajstić information content (AvgIpc) is 2.25. The van der Waals surface area contributed by atoms with Gasteiger partial charge in [0, 0.05) is 5.75 Å². The number of thioether (sulfide) groups is 1. The number of hydrogen-bond acceptors (Lipinski definition) is 5. The van der Waals surface area contributed by atoms with Crippen molar-refractivity contribution in [3.8, 4) is 0 Å². The van der Waals surface area contributed by atoms with Gasteiger partial charge in [0.2, 0.25) is 0 Å². The van der Waals surface area contributed by atoms with Gasteiger partial charge in [0.25, 0.3) is 0 Å². The molecular weight excluding hydrogens is 212 g/mol. The zero-order valence-electron chi connectivity index (χ0n) is 8.71. The van der Waals surface area contributed by atoms with Crippen LogP contribution in [0.2, 0.25) is 0 Å². The normalized spacial score (nSPS) is 12.1. The van der Waals surface area contributed by atoms with E-state index in [-0.39, 0.29) is 5.84 Å². The fourth-order valence-electron chi connectivity index (χ4n) is 0.920. The summed E-state index contributed by atoms with van der Waals surface area (Å²) in [6.45, 7) is 4.24. The molecule has 3 N–H and O–H groups in total. The van der Waals surface area contributed by atoms with Gasteiger partial charge in [0.15, 0.2) is 5.84 Å². The highest BCUT2D eigenvalue weighted by Crippen LogP contribution is 2.21. The minimum Gasteiger partial charge on any atom is -0.409 e. The topological polar surface area (TPSA) is 84.4 Å². The number of hydrogen-bond donors (Lipinski definition) is 2. The molecule has 0 saturated carbocycles. The van der Waals surface area contributed by atoms with Crippen LogP contribution in [-0.4, -0.2) is 27.0 Å². The molecule has 15 heavy (non-hydrogen) atoms. The van der Waals surface area contributed by atoms with Crippen LogP contribution in [0.4, 0.5) is 0 Å². The Morgan fingerprint density at radius 2 is 2.40 bits per heavy atom. The van der Waals surface area contributed by atoms with E-state index in [9.17, 15) is 0 Å². The lowest BCUT2D eigenvalue weighted by atomic mass is 10.3. The summed E-state index contributed by atoms with van der Waals surface area (Å²) in [6.07, 6.45) is 1.52. The van der Waals surface area contributed by atoms with Crippen LogP contribution in [-0.2, 0) is 0 Å². The molecule has 0 aliphatic carbocycles. The SMILES string of the molecule is CC(C)CSc1nnccc1/C(N)=N/O. The van der Waals surface area contributed by atoms with Crippen molar-refractivity contribution in [2.75, 3.05) is 5.75 Å². The van der Waals surface area contributed by atoms with Crippen molar-refractivity contribution in [2.24, 2.45) is 16.8 Å². The van der Waals surface area contributed by atoms with Gasteiger partial charge in [-0.15, -0.1) is 16.9 Å². The van der Waals surface area contributed by atoms with Crippen LogP contribution in [0.5, 0.6) is 0 Å². The number of rotatable bonds is 4. The molecule has 0 saturated heterocycles. The fourth-order valence-corrected chi connectivity index (χ4v) is 1.84. The maximum absolute atomic E-state index is 8.60. The molecule has 1 heterocycles. The van der Waals surface area contributed by atoms with Crippen LogP contribution in [0.1, 0.15) is 19.4 Å². The molecule has 0 radical (unpaired) electrons. The lowest BCUT2D eigenvalue weighted by Crippen LogP contribution is -2.15. The van der Waals surface area contributed by atoms with Crippen LogP contribution in [0, 0.1) is 5.92 Å². The third kappa shape index (κ3) is 3.39. The highest BCUT2D eigenvalue weighted by Gasteiger charge is 2.09. The number of amidine groups is 1. The standard InChI is InChI=1S/C9H14N4OS/c1-6(2)5-15-9-7(8(10)13-14)3-4-11-12-9/h3-4,6,14H,5H2,1-2H3,(H2,10,13). The summed E-state index contributed by atoms with van der Waals surface area (Å²) >= 11 is 1.55. The molecule has 0 fully saturated rings. The first-order valence-electron chi connectivity index (χ1n) is 4.57. The van der Waals surface area contributed by atoms with Crippen LogP contribution in [0.15, 0.2) is 22.4 Å². The van der Waals surface area contributed by atoms with Crippen LogP contribution in [0.3, 0.4) is 0 Å². The number of aromatic nitrogens is 2. The molecule has 0 bridgehead atoms. The van der Waals surface area contributed by atoms with Gasteiger partial charge in [-0.05, 0) is 12.0 Å². The highest BCUT2D eigenvalue weighted by atomic mass is 32.2. The largest absolute Gasteiger partial charge is 0.409 e. The summed E-state index contributed by atoms with van der Waals surface area (Å²) < 4.78 is 0. The van der Waals surface area contributed by atoms with E-state index in [4.69, 9.17) is 10.9 Å². The van der Waals surface area contributed by atoms with E-state index in [0.717, 1.165) is 5.75 Å². The molecule has 0 unspecified atom stereocenters. The van der Waals surface area contributed by atoms with Crippen molar-refractivity contribution < 1.29 is 5.21 Å². The molecule has 1 rings (SSSR count). The van der Waals surface area contributed by atoms with Crippen molar-refractivity contribution in [3.05, 3.63) is 17.8 Å². The Balaban J connectivity index is 2.87. The third-order valence-electron chi connectivity index (χ3n) is 1.62. The Hall–Kier alpha value is -1.30. The van der Waals surface area contributed by atoms with Crippen molar-refractivity contribution in [2.45, 2.75) is 18.9 Å². The van der Waals surface area contributed by atoms with Crippen LogP contribution in [0.25, 0.3) is 0 Å². The minimum absolute atomic E-state index is 0.0659. The molecule has 5 nitrogen and oxygen atoms in total. The first-order chi connectivity index (χ1) is 7.15. The van der Waals surface area contributed by atoms with E-state index in [1.807, 2.05) is 0 Å². The second-order valence-electron chi connectivity index (χ2n) is 3.44. The van der Waals surface area contributed by atoms with Gasteiger partial charge >= 0.3 is 0 Å². The Kier molecular flexibility index (Phi) is 4.36. The number of nitrogens with zero attached hydrogens (tertiary/aromatic N) is 3. The van der Waals surface area contributed by atoms with Crippen molar-refractivity contribution in [3.63, 3.8) is 0 Å². The van der Waals surface area contributed by atoms with Crippen LogP contribution >= 0.6 is 11.8 Å². The Morgan fingerprint density at radius 1 is 1.67 bits per heavy atom. The summed E-state index contributed by atoms with van der Waals surface area (Å²) in [6, 6.07) is 1.69. The molecule has 1 aromatic rings. The summed E-state index contributed by atoms with van der Waals surface area (Å²) in [4.78, 5) is 0. The lowest BCUT2D eigenvalue weighted by Gasteiger charge is -2.06. The second kappa shape index (κ2) is 5.55. The Morgan fingerprint density at radius 3 is 3.00 bits per heavy atom. The van der Waals surface area contributed by atoms with Gasteiger partial charge in [0.1, 0.15) is 5.03 Å². The van der Waals surface area contributed by atoms with Crippen molar-refractivity contribution in [1.29, 1.82) is 0 Å². The Bertz CT molecular complexity index is 354. The summed E-state index contributed by atoms with van der Waals surface area (Å²) in [7, 11) is 0. The fraction of sp³-hybridized carbons (Fsp3) is 0.444. The predicted molar refractivity (Wildman–Crippen MR) is 60.1 cm³/mol. The molecule has 0 aliphatic heterocycles. The van der Waals surface area contributed by atoms with Gasteiger partial charge < -0.3 is 10.9 Å². The lowest BCUT2D eigenvalue weighted by molar-refractivity contribution is 0.318. The molecule has 1 aromatic heterocycles. The summed E-state index contributed by atoms with van der Waals surface area (Å²) in [5.41, 5.74) is 6.14. The van der Waals surface area contributed by atoms with E-state index >= 15 is 0 Å². The molecule has 0 spiro atoms. The number of oxime groups is 1. The molecule has 0 aromatic carbocycles. The van der Waals surface area contributed by atoms with E-state index in [1.54, 1.807) is 17.8 Å². The van der Waals surface area contributed by atoms with E-state index in [2.05, 4.69) is 29.2 Å². The van der Waals surface area contributed by atoms with Gasteiger partial charge in [-0.2, -0.15) is 5.10 Å². The summed E-state index contributed by atoms with van der Waals surface area (Å²) in [5.74, 6) is 1.54. The zero-order chi connectivity index (χ0) is 11.3. The first-order valence-corrected chi connectivity index (χ1v) is 5.56. The molecule has 0 atom stereocenters. The van der Waals surface area contributed by atoms with E-state index < -0.39 is 0 Å². The van der Waals surface area contributed by atoms with E-state index in [0.29, 0.717) is 16.5 Å². The van der Waals surface area contributed by atoms with Gasteiger partial charge in [-0.3, -0.25) is 0 Å². The second-order valence-corrected chi connectivity index (χ2v) is 4.45. The monoisotopic (exact) mass is 226 g/mol. The maximum atomic E-state index is 8.60.